The number of carbonyl (C=O) groups excluding carboxylic acids is 1. The van der Waals surface area contributed by atoms with Crippen LogP contribution in [-0.4, -0.2) is 22.3 Å². The number of benzene rings is 3. The Labute approximate surface area is 198 Å². The predicted molar refractivity (Wildman–Crippen MR) is 132 cm³/mol. The second-order valence-corrected chi connectivity index (χ2v) is 7.51. The summed E-state index contributed by atoms with van der Waals surface area (Å²) in [5, 5.41) is 17.3. The van der Waals surface area contributed by atoms with Gasteiger partial charge in [0.15, 0.2) is 0 Å². The van der Waals surface area contributed by atoms with Crippen LogP contribution >= 0.6 is 0 Å². The lowest BCUT2D eigenvalue weighted by Crippen LogP contribution is -2.23. The van der Waals surface area contributed by atoms with Gasteiger partial charge in [0.05, 0.1) is 12.3 Å². The van der Waals surface area contributed by atoms with Crippen molar-refractivity contribution in [2.45, 2.75) is 13.5 Å². The molecule has 1 aromatic heterocycles. The van der Waals surface area contributed by atoms with Crippen LogP contribution in [0.1, 0.15) is 18.1 Å². The van der Waals surface area contributed by atoms with Crippen molar-refractivity contribution in [2.24, 2.45) is 0 Å². The van der Waals surface area contributed by atoms with E-state index in [1.165, 1.54) is 0 Å². The van der Waals surface area contributed by atoms with Gasteiger partial charge in [-0.25, -0.2) is 4.68 Å². The van der Waals surface area contributed by atoms with E-state index in [4.69, 9.17) is 9.84 Å². The van der Waals surface area contributed by atoms with Gasteiger partial charge in [0.1, 0.15) is 23.1 Å². The molecule has 6 heteroatoms. The Balaban J connectivity index is 1.70. The van der Waals surface area contributed by atoms with Crippen molar-refractivity contribution in [1.29, 1.82) is 5.26 Å². The topological polar surface area (TPSA) is 79.9 Å². The average molecular weight is 449 g/mol. The van der Waals surface area contributed by atoms with Gasteiger partial charge in [0, 0.05) is 23.9 Å². The van der Waals surface area contributed by atoms with Gasteiger partial charge in [-0.2, -0.15) is 10.4 Å². The minimum Gasteiger partial charge on any atom is -0.494 e. The largest absolute Gasteiger partial charge is 0.494 e. The van der Waals surface area contributed by atoms with Crippen LogP contribution in [0.4, 0.5) is 0 Å². The third-order valence-corrected chi connectivity index (χ3v) is 5.14. The quantitative estimate of drug-likeness (QED) is 0.298. The van der Waals surface area contributed by atoms with Crippen molar-refractivity contribution in [3.05, 3.63) is 108 Å². The lowest BCUT2D eigenvalue weighted by molar-refractivity contribution is -0.117. The Morgan fingerprint density at radius 3 is 2.50 bits per heavy atom. The number of nitrogens with zero attached hydrogens (tertiary/aromatic N) is 3. The van der Waals surface area contributed by atoms with E-state index < -0.39 is 5.91 Å². The SMILES string of the molecule is CCOc1cccc(-c2nn(-c3ccccc3)cc2/C=C(/C#N)C(=O)NCc2ccccc2)c1. The molecule has 34 heavy (non-hydrogen) atoms. The van der Waals surface area contributed by atoms with E-state index in [-0.39, 0.29) is 5.57 Å². The van der Waals surface area contributed by atoms with Crippen LogP contribution in [0.25, 0.3) is 23.0 Å². The number of carbonyl (C=O) groups is 1. The van der Waals surface area contributed by atoms with Crippen molar-refractivity contribution in [2.75, 3.05) is 6.61 Å². The third-order valence-electron chi connectivity index (χ3n) is 5.14. The lowest BCUT2D eigenvalue weighted by atomic mass is 10.1. The number of hydrogen-bond donors (Lipinski definition) is 1. The zero-order valence-electron chi connectivity index (χ0n) is 18.8. The Bertz CT molecular complexity index is 1340. The molecule has 3 aromatic carbocycles. The van der Waals surface area contributed by atoms with Crippen molar-refractivity contribution in [3.63, 3.8) is 0 Å². The van der Waals surface area contributed by atoms with Gasteiger partial charge in [0.25, 0.3) is 5.91 Å². The van der Waals surface area contributed by atoms with Gasteiger partial charge in [-0.1, -0.05) is 60.7 Å². The maximum absolute atomic E-state index is 12.8. The van der Waals surface area contributed by atoms with Crippen LogP contribution in [0, 0.1) is 11.3 Å². The Morgan fingerprint density at radius 1 is 1.06 bits per heavy atom. The second kappa shape index (κ2) is 10.8. The molecule has 0 fully saturated rings. The molecule has 0 atom stereocenters. The second-order valence-electron chi connectivity index (χ2n) is 7.51. The predicted octanol–water partition coefficient (Wildman–Crippen LogP) is 5.16. The normalized spacial score (nSPS) is 11.0. The molecular weight excluding hydrogens is 424 g/mol. The Morgan fingerprint density at radius 2 is 1.79 bits per heavy atom. The molecule has 4 rings (SSSR count). The molecule has 0 aliphatic heterocycles. The first-order chi connectivity index (χ1) is 16.7. The monoisotopic (exact) mass is 448 g/mol. The van der Waals surface area contributed by atoms with E-state index in [0.717, 1.165) is 22.6 Å². The number of amides is 1. The number of ether oxygens (including phenoxy) is 1. The molecule has 0 aliphatic rings. The summed E-state index contributed by atoms with van der Waals surface area (Å²) in [5.41, 5.74) is 3.97. The molecule has 6 nitrogen and oxygen atoms in total. The van der Waals surface area contributed by atoms with Gasteiger partial charge in [-0.3, -0.25) is 4.79 Å². The average Bonchev–Trinajstić information content (AvgIpc) is 3.31. The van der Waals surface area contributed by atoms with Crippen molar-refractivity contribution in [1.82, 2.24) is 15.1 Å². The maximum atomic E-state index is 12.8. The first-order valence-electron chi connectivity index (χ1n) is 11.0. The van der Waals surface area contributed by atoms with Crippen LogP contribution in [0.15, 0.2) is 96.7 Å². The number of aromatic nitrogens is 2. The highest BCUT2D eigenvalue weighted by Crippen LogP contribution is 2.28. The van der Waals surface area contributed by atoms with E-state index in [1.54, 1.807) is 10.8 Å². The van der Waals surface area contributed by atoms with Gasteiger partial charge in [-0.05, 0) is 42.8 Å². The van der Waals surface area contributed by atoms with Crippen molar-refractivity contribution >= 4 is 12.0 Å². The van der Waals surface area contributed by atoms with Gasteiger partial charge < -0.3 is 10.1 Å². The summed E-state index contributed by atoms with van der Waals surface area (Å²) >= 11 is 0. The third kappa shape index (κ3) is 5.40. The molecule has 0 radical (unpaired) electrons. The van der Waals surface area contributed by atoms with Crippen LogP contribution < -0.4 is 10.1 Å². The molecule has 4 aromatic rings. The molecule has 0 bridgehead atoms. The molecule has 0 aliphatic carbocycles. The van der Waals surface area contributed by atoms with E-state index >= 15 is 0 Å². The highest BCUT2D eigenvalue weighted by atomic mass is 16.5. The van der Waals surface area contributed by atoms with Crippen molar-refractivity contribution < 1.29 is 9.53 Å². The summed E-state index contributed by atoms with van der Waals surface area (Å²) in [5.74, 6) is 0.290. The lowest BCUT2D eigenvalue weighted by Gasteiger charge is -2.06. The highest BCUT2D eigenvalue weighted by molar-refractivity contribution is 6.02. The van der Waals surface area contributed by atoms with Gasteiger partial charge in [0.2, 0.25) is 0 Å². The van der Waals surface area contributed by atoms with E-state index in [2.05, 4.69) is 5.32 Å². The smallest absolute Gasteiger partial charge is 0.262 e. The van der Waals surface area contributed by atoms with Crippen LogP contribution in [0.2, 0.25) is 0 Å². The number of nitriles is 1. The molecule has 0 saturated heterocycles. The fourth-order valence-electron chi connectivity index (χ4n) is 3.51. The highest BCUT2D eigenvalue weighted by Gasteiger charge is 2.15. The fraction of sp³-hybridized carbons (Fsp3) is 0.107. The van der Waals surface area contributed by atoms with Crippen LogP contribution in [0.5, 0.6) is 5.75 Å². The van der Waals surface area contributed by atoms with Gasteiger partial charge >= 0.3 is 0 Å². The maximum Gasteiger partial charge on any atom is 0.262 e. The van der Waals surface area contributed by atoms with Crippen LogP contribution in [0.3, 0.4) is 0 Å². The summed E-state index contributed by atoms with van der Waals surface area (Å²) in [6.07, 6.45) is 3.40. The molecule has 168 valence electrons. The Kier molecular flexibility index (Phi) is 7.16. The van der Waals surface area contributed by atoms with E-state index in [1.807, 2.05) is 104 Å². The van der Waals surface area contributed by atoms with E-state index in [0.29, 0.717) is 24.4 Å². The summed E-state index contributed by atoms with van der Waals surface area (Å²) in [4.78, 5) is 12.8. The van der Waals surface area contributed by atoms with Gasteiger partial charge in [-0.15, -0.1) is 0 Å². The molecule has 1 N–H and O–H groups in total. The summed E-state index contributed by atoms with van der Waals surface area (Å²) in [7, 11) is 0. The standard InChI is InChI=1S/C28H24N4O2/c1-2-34-26-15-9-12-22(17-26)27-24(20-32(31-27)25-13-7-4-8-14-25)16-23(18-29)28(33)30-19-21-10-5-3-6-11-21/h3-17,20H,2,19H2,1H3,(H,30,33)/b23-16-. The summed E-state index contributed by atoms with van der Waals surface area (Å²) in [6, 6.07) is 28.9. The van der Waals surface area contributed by atoms with Crippen LogP contribution in [-0.2, 0) is 11.3 Å². The zero-order valence-corrected chi connectivity index (χ0v) is 18.8. The van der Waals surface area contributed by atoms with E-state index in [9.17, 15) is 10.1 Å². The first-order valence-corrected chi connectivity index (χ1v) is 11.0. The Hall–Kier alpha value is -4.63. The first kappa shape index (κ1) is 22.6. The molecule has 0 saturated carbocycles. The summed E-state index contributed by atoms with van der Waals surface area (Å²) in [6.45, 7) is 2.82. The molecule has 1 amide bonds. The number of nitrogens with one attached hydrogen (secondary N) is 1. The molecule has 1 heterocycles. The number of hydrogen-bond acceptors (Lipinski definition) is 4. The van der Waals surface area contributed by atoms with Crippen molar-refractivity contribution in [3.8, 4) is 28.8 Å². The molecule has 0 unspecified atom stereocenters. The summed E-state index contributed by atoms with van der Waals surface area (Å²) < 4.78 is 7.39. The zero-order chi connectivity index (χ0) is 23.8. The molecular formula is C28H24N4O2. The fourth-order valence-corrected chi connectivity index (χ4v) is 3.51. The number of rotatable bonds is 8. The minimum absolute atomic E-state index is 0.00533. The minimum atomic E-state index is -0.437. The number of para-hydroxylation sites is 1. The molecule has 0 spiro atoms.